The Kier molecular flexibility index (Phi) is 6.25. The topological polar surface area (TPSA) is 40.6 Å². The Morgan fingerprint density at radius 3 is 2.38 bits per heavy atom. The van der Waals surface area contributed by atoms with Crippen molar-refractivity contribution in [3.63, 3.8) is 0 Å². The Labute approximate surface area is 164 Å². The highest BCUT2D eigenvalue weighted by atomic mass is 35.5. The van der Waals surface area contributed by atoms with E-state index in [0.717, 1.165) is 51.6 Å². The summed E-state index contributed by atoms with van der Waals surface area (Å²) in [7, 11) is 0. The largest absolute Gasteiger partial charge is 0.366 e. The van der Waals surface area contributed by atoms with E-state index < -0.39 is 0 Å². The predicted molar refractivity (Wildman–Crippen MR) is 105 cm³/mol. The van der Waals surface area contributed by atoms with Gasteiger partial charge in [-0.3, -0.25) is 14.5 Å². The fourth-order valence-corrected chi connectivity index (χ4v) is 4.14. The van der Waals surface area contributed by atoms with E-state index in [1.165, 1.54) is 4.90 Å². The number of amides is 2. The maximum absolute atomic E-state index is 13.1. The summed E-state index contributed by atoms with van der Waals surface area (Å²) in [6.07, 6.45) is 6.07. The van der Waals surface area contributed by atoms with Gasteiger partial charge >= 0.3 is 0 Å². The molecule has 6 heteroatoms. The van der Waals surface area contributed by atoms with Crippen molar-refractivity contribution in [3.8, 4) is 0 Å². The SMILES string of the molecule is CCCCCN1C(=O)C(c2ccc(Cl)cc2Cl)=C(N2CCCCC2)C1=O. The van der Waals surface area contributed by atoms with Crippen LogP contribution in [0.15, 0.2) is 23.9 Å². The number of halogens is 2. The van der Waals surface area contributed by atoms with E-state index in [2.05, 4.69) is 11.8 Å². The van der Waals surface area contributed by atoms with Crippen LogP contribution in [0.1, 0.15) is 51.0 Å². The fourth-order valence-electron chi connectivity index (χ4n) is 3.63. The number of imide groups is 1. The summed E-state index contributed by atoms with van der Waals surface area (Å²) in [4.78, 5) is 29.7. The van der Waals surface area contributed by atoms with Gasteiger partial charge in [0.05, 0.1) is 10.6 Å². The minimum absolute atomic E-state index is 0.186. The van der Waals surface area contributed by atoms with Crippen molar-refractivity contribution in [2.24, 2.45) is 0 Å². The fraction of sp³-hybridized carbons (Fsp3) is 0.500. The van der Waals surface area contributed by atoms with Crippen molar-refractivity contribution >= 4 is 40.6 Å². The van der Waals surface area contributed by atoms with Gasteiger partial charge in [-0.2, -0.15) is 0 Å². The minimum atomic E-state index is -0.240. The minimum Gasteiger partial charge on any atom is -0.366 e. The van der Waals surface area contributed by atoms with E-state index in [1.807, 2.05) is 0 Å². The van der Waals surface area contributed by atoms with Crippen LogP contribution in [-0.2, 0) is 9.59 Å². The number of hydrogen-bond acceptors (Lipinski definition) is 3. The van der Waals surface area contributed by atoms with Crippen LogP contribution in [0.25, 0.3) is 5.57 Å². The van der Waals surface area contributed by atoms with Gasteiger partial charge in [0, 0.05) is 30.2 Å². The molecule has 2 amide bonds. The van der Waals surface area contributed by atoms with Crippen molar-refractivity contribution in [1.82, 2.24) is 9.80 Å². The maximum Gasteiger partial charge on any atom is 0.277 e. The second kappa shape index (κ2) is 8.45. The molecule has 3 rings (SSSR count). The van der Waals surface area contributed by atoms with Gasteiger partial charge in [0.25, 0.3) is 11.8 Å². The van der Waals surface area contributed by atoms with Gasteiger partial charge in [0.2, 0.25) is 0 Å². The lowest BCUT2D eigenvalue weighted by molar-refractivity contribution is -0.137. The van der Waals surface area contributed by atoms with Crippen LogP contribution in [0.5, 0.6) is 0 Å². The first-order valence-corrected chi connectivity index (χ1v) is 10.1. The third-order valence-electron chi connectivity index (χ3n) is 5.00. The van der Waals surface area contributed by atoms with Crippen LogP contribution in [0.3, 0.4) is 0 Å². The third-order valence-corrected chi connectivity index (χ3v) is 5.55. The Bertz CT molecular complexity index is 739. The maximum atomic E-state index is 13.1. The highest BCUT2D eigenvalue weighted by molar-refractivity contribution is 6.41. The zero-order valence-electron chi connectivity index (χ0n) is 15.1. The number of rotatable bonds is 6. The Balaban J connectivity index is 2.02. The van der Waals surface area contributed by atoms with Gasteiger partial charge in [-0.25, -0.2) is 0 Å². The molecule has 2 heterocycles. The number of unbranched alkanes of at least 4 members (excludes halogenated alkanes) is 2. The lowest BCUT2D eigenvalue weighted by Gasteiger charge is -2.29. The van der Waals surface area contributed by atoms with Crippen molar-refractivity contribution < 1.29 is 9.59 Å². The highest BCUT2D eigenvalue weighted by Crippen LogP contribution is 2.37. The van der Waals surface area contributed by atoms with E-state index in [0.29, 0.717) is 33.4 Å². The van der Waals surface area contributed by atoms with Gasteiger partial charge in [-0.05, 0) is 37.8 Å². The third kappa shape index (κ3) is 3.77. The average Bonchev–Trinajstić information content (AvgIpc) is 2.87. The molecule has 1 fully saturated rings. The van der Waals surface area contributed by atoms with Gasteiger partial charge < -0.3 is 4.90 Å². The molecule has 26 heavy (non-hydrogen) atoms. The molecule has 0 spiro atoms. The molecule has 0 radical (unpaired) electrons. The molecule has 0 aliphatic carbocycles. The number of likely N-dealkylation sites (tertiary alicyclic amines) is 1. The smallest absolute Gasteiger partial charge is 0.277 e. The number of benzene rings is 1. The van der Waals surface area contributed by atoms with E-state index in [4.69, 9.17) is 23.2 Å². The second-order valence-electron chi connectivity index (χ2n) is 6.86. The molecule has 4 nitrogen and oxygen atoms in total. The number of nitrogens with zero attached hydrogens (tertiary/aromatic N) is 2. The van der Waals surface area contributed by atoms with E-state index >= 15 is 0 Å². The molecule has 1 aromatic carbocycles. The molecular weight excluding hydrogens is 371 g/mol. The van der Waals surface area contributed by atoms with Gasteiger partial charge in [0.1, 0.15) is 5.70 Å². The first-order chi connectivity index (χ1) is 12.5. The molecule has 0 saturated carbocycles. The zero-order chi connectivity index (χ0) is 18.7. The summed E-state index contributed by atoms with van der Waals surface area (Å²) in [6, 6.07) is 5.07. The van der Waals surface area contributed by atoms with E-state index in [-0.39, 0.29) is 11.8 Å². The summed E-state index contributed by atoms with van der Waals surface area (Å²) in [6.45, 7) is 4.15. The van der Waals surface area contributed by atoms with Crippen molar-refractivity contribution in [3.05, 3.63) is 39.5 Å². The van der Waals surface area contributed by atoms with Crippen molar-refractivity contribution in [2.45, 2.75) is 45.4 Å². The summed E-state index contributed by atoms with van der Waals surface area (Å²) >= 11 is 12.4. The molecule has 140 valence electrons. The molecule has 0 atom stereocenters. The molecule has 0 aromatic heterocycles. The predicted octanol–water partition coefficient (Wildman–Crippen LogP) is 4.75. The number of carbonyl (C=O) groups excluding carboxylic acids is 2. The molecule has 0 N–H and O–H groups in total. The van der Waals surface area contributed by atoms with Crippen molar-refractivity contribution in [2.75, 3.05) is 19.6 Å². The molecule has 1 saturated heterocycles. The average molecular weight is 395 g/mol. The number of hydrogen-bond donors (Lipinski definition) is 0. The summed E-state index contributed by atoms with van der Waals surface area (Å²) in [5.41, 5.74) is 1.53. The van der Waals surface area contributed by atoms with Crippen LogP contribution in [0.4, 0.5) is 0 Å². The quantitative estimate of drug-likeness (QED) is 0.516. The van der Waals surface area contributed by atoms with Gasteiger partial charge in [-0.1, -0.05) is 49.0 Å². The standard InChI is InChI=1S/C20H24Cl2N2O2/c1-2-3-5-12-24-19(25)17(15-9-8-14(21)13-16(15)22)18(20(24)26)23-10-6-4-7-11-23/h8-9,13H,2-7,10-12H2,1H3. The number of carbonyl (C=O) groups is 2. The van der Waals surface area contributed by atoms with Crippen LogP contribution in [0, 0.1) is 0 Å². The second-order valence-corrected chi connectivity index (χ2v) is 7.71. The highest BCUT2D eigenvalue weighted by Gasteiger charge is 2.41. The summed E-state index contributed by atoms with van der Waals surface area (Å²) < 4.78 is 0. The zero-order valence-corrected chi connectivity index (χ0v) is 16.6. The first kappa shape index (κ1) is 19.2. The number of piperidine rings is 1. The summed E-state index contributed by atoms with van der Waals surface area (Å²) in [5.74, 6) is -0.426. The van der Waals surface area contributed by atoms with Crippen LogP contribution in [-0.4, -0.2) is 41.2 Å². The summed E-state index contributed by atoms with van der Waals surface area (Å²) in [5, 5.41) is 0.911. The van der Waals surface area contributed by atoms with Crippen LogP contribution >= 0.6 is 23.2 Å². The van der Waals surface area contributed by atoms with Gasteiger partial charge in [0.15, 0.2) is 0 Å². The molecular formula is C20H24Cl2N2O2. The lowest BCUT2D eigenvalue weighted by atomic mass is 10.0. The molecule has 0 unspecified atom stereocenters. The molecule has 0 bridgehead atoms. The van der Waals surface area contributed by atoms with E-state index in [1.54, 1.807) is 18.2 Å². The van der Waals surface area contributed by atoms with Crippen molar-refractivity contribution in [1.29, 1.82) is 0 Å². The molecule has 1 aromatic rings. The Hall–Kier alpha value is -1.52. The lowest BCUT2D eigenvalue weighted by Crippen LogP contribution is -2.37. The van der Waals surface area contributed by atoms with Crippen LogP contribution in [0.2, 0.25) is 10.0 Å². The molecule has 2 aliphatic heterocycles. The Morgan fingerprint density at radius 2 is 1.73 bits per heavy atom. The van der Waals surface area contributed by atoms with Gasteiger partial charge in [-0.15, -0.1) is 0 Å². The normalized spacial score (nSPS) is 18.3. The van der Waals surface area contributed by atoms with E-state index in [9.17, 15) is 9.59 Å². The monoisotopic (exact) mass is 394 g/mol. The molecule has 2 aliphatic rings. The van der Waals surface area contributed by atoms with Crippen LogP contribution < -0.4 is 0 Å². The first-order valence-electron chi connectivity index (χ1n) is 9.35. The Morgan fingerprint density at radius 1 is 1.00 bits per heavy atom.